The molecule has 0 saturated heterocycles. The predicted octanol–water partition coefficient (Wildman–Crippen LogP) is -0.549. The van der Waals surface area contributed by atoms with E-state index in [0.717, 1.165) is 0 Å². The third kappa shape index (κ3) is 11.6. The number of phenolic OH excluding ortho intramolecular Hbond substituents is 1. The second kappa shape index (κ2) is 16.2. The number of unbranched alkanes of at least 4 members (excludes halogenated alkanes) is 1. The van der Waals surface area contributed by atoms with Crippen molar-refractivity contribution in [1.29, 1.82) is 0 Å². The van der Waals surface area contributed by atoms with Crippen molar-refractivity contribution in [2.45, 2.75) is 76.5 Å². The summed E-state index contributed by atoms with van der Waals surface area (Å²) in [5.74, 6) is -4.97. The molecule has 13 nitrogen and oxygen atoms in total. The molecule has 212 valence electrons. The molecule has 10 N–H and O–H groups in total. The van der Waals surface area contributed by atoms with E-state index >= 15 is 0 Å². The second-order valence-electron chi connectivity index (χ2n) is 9.38. The SMILES string of the molecule is CC(C)C(N)C(=O)NC(CCC(=O)O)C(=O)NC(Cc1ccc(O)cc1)C(=O)NC(CCCCN)C(=O)O. The van der Waals surface area contributed by atoms with Crippen molar-refractivity contribution in [2.75, 3.05) is 6.54 Å². The number of amides is 3. The number of nitrogens with two attached hydrogens (primary N) is 2. The van der Waals surface area contributed by atoms with Gasteiger partial charge >= 0.3 is 11.9 Å². The molecule has 1 aromatic carbocycles. The number of nitrogens with one attached hydrogen (secondary N) is 3. The maximum absolute atomic E-state index is 13.2. The fourth-order valence-corrected chi connectivity index (χ4v) is 3.48. The van der Waals surface area contributed by atoms with Crippen LogP contribution in [0.4, 0.5) is 0 Å². The highest BCUT2D eigenvalue weighted by Gasteiger charge is 2.31. The normalized spacial score (nSPS) is 14.1. The molecule has 0 aliphatic carbocycles. The molecule has 0 aromatic heterocycles. The van der Waals surface area contributed by atoms with Crippen LogP contribution in [-0.2, 0) is 30.4 Å². The molecule has 1 aromatic rings. The fourth-order valence-electron chi connectivity index (χ4n) is 3.48. The molecule has 4 unspecified atom stereocenters. The second-order valence-corrected chi connectivity index (χ2v) is 9.38. The Bertz CT molecular complexity index is 954. The summed E-state index contributed by atoms with van der Waals surface area (Å²) in [5.41, 5.74) is 11.9. The number of carboxylic acid groups (broad SMARTS) is 2. The van der Waals surface area contributed by atoms with E-state index in [4.69, 9.17) is 16.6 Å². The number of aromatic hydroxyl groups is 1. The van der Waals surface area contributed by atoms with Gasteiger partial charge in [0.2, 0.25) is 17.7 Å². The van der Waals surface area contributed by atoms with Crippen LogP contribution in [0.3, 0.4) is 0 Å². The van der Waals surface area contributed by atoms with Crippen molar-refractivity contribution in [1.82, 2.24) is 16.0 Å². The van der Waals surface area contributed by atoms with Crippen molar-refractivity contribution in [3.05, 3.63) is 29.8 Å². The number of carbonyl (C=O) groups excluding carboxylic acids is 3. The number of phenols is 1. The summed E-state index contributed by atoms with van der Waals surface area (Å²) >= 11 is 0. The lowest BCUT2D eigenvalue weighted by Gasteiger charge is -2.25. The molecule has 0 heterocycles. The number of hydrogen-bond acceptors (Lipinski definition) is 8. The maximum Gasteiger partial charge on any atom is 0.326 e. The Labute approximate surface area is 221 Å². The van der Waals surface area contributed by atoms with Crippen LogP contribution in [0.1, 0.15) is 51.5 Å². The average Bonchev–Trinajstić information content (AvgIpc) is 2.85. The van der Waals surface area contributed by atoms with Gasteiger partial charge in [-0.3, -0.25) is 19.2 Å². The van der Waals surface area contributed by atoms with Gasteiger partial charge in [-0.1, -0.05) is 26.0 Å². The molecule has 0 bridgehead atoms. The van der Waals surface area contributed by atoms with Crippen LogP contribution >= 0.6 is 0 Å². The molecule has 0 saturated carbocycles. The molecule has 0 fully saturated rings. The van der Waals surface area contributed by atoms with Gasteiger partial charge in [0.15, 0.2) is 0 Å². The van der Waals surface area contributed by atoms with E-state index in [1.165, 1.54) is 24.3 Å². The van der Waals surface area contributed by atoms with E-state index in [1.54, 1.807) is 13.8 Å². The molecule has 0 radical (unpaired) electrons. The predicted molar refractivity (Wildman–Crippen MR) is 138 cm³/mol. The number of carbonyl (C=O) groups is 5. The molecule has 13 heteroatoms. The summed E-state index contributed by atoms with van der Waals surface area (Å²) < 4.78 is 0. The van der Waals surface area contributed by atoms with E-state index in [0.29, 0.717) is 24.9 Å². The maximum atomic E-state index is 13.2. The van der Waals surface area contributed by atoms with Gasteiger partial charge in [0.05, 0.1) is 6.04 Å². The molecule has 0 aliphatic heterocycles. The average molecular weight is 538 g/mol. The summed E-state index contributed by atoms with van der Waals surface area (Å²) in [6.45, 7) is 3.78. The number of rotatable bonds is 17. The third-order valence-corrected chi connectivity index (χ3v) is 5.87. The van der Waals surface area contributed by atoms with Gasteiger partial charge in [0.1, 0.15) is 23.9 Å². The number of benzene rings is 1. The lowest BCUT2D eigenvalue weighted by Crippen LogP contribution is -2.58. The van der Waals surface area contributed by atoms with Gasteiger partial charge in [-0.2, -0.15) is 0 Å². The van der Waals surface area contributed by atoms with Crippen LogP contribution in [0, 0.1) is 5.92 Å². The van der Waals surface area contributed by atoms with E-state index in [2.05, 4.69) is 16.0 Å². The van der Waals surface area contributed by atoms with Gasteiger partial charge in [0, 0.05) is 12.8 Å². The zero-order valence-electron chi connectivity index (χ0n) is 21.7. The quantitative estimate of drug-likeness (QED) is 0.118. The molecule has 0 aliphatic rings. The van der Waals surface area contributed by atoms with Crippen molar-refractivity contribution in [2.24, 2.45) is 17.4 Å². The van der Waals surface area contributed by atoms with Crippen LogP contribution in [0.2, 0.25) is 0 Å². The molecular formula is C25H39N5O8. The number of aliphatic carboxylic acids is 2. The number of carboxylic acids is 2. The minimum absolute atomic E-state index is 0.0115. The van der Waals surface area contributed by atoms with Gasteiger partial charge in [-0.15, -0.1) is 0 Å². The van der Waals surface area contributed by atoms with E-state index in [-0.39, 0.29) is 30.9 Å². The Morgan fingerprint density at radius 3 is 1.89 bits per heavy atom. The highest BCUT2D eigenvalue weighted by atomic mass is 16.4. The van der Waals surface area contributed by atoms with Crippen LogP contribution < -0.4 is 27.4 Å². The molecule has 0 spiro atoms. The molecule has 1 rings (SSSR count). The highest BCUT2D eigenvalue weighted by Crippen LogP contribution is 2.13. The molecule has 4 atom stereocenters. The first-order valence-corrected chi connectivity index (χ1v) is 12.4. The van der Waals surface area contributed by atoms with Gasteiger partial charge in [-0.05, 0) is 55.8 Å². The van der Waals surface area contributed by atoms with E-state index in [9.17, 15) is 34.2 Å². The Morgan fingerprint density at radius 1 is 0.816 bits per heavy atom. The Kier molecular flexibility index (Phi) is 13.8. The van der Waals surface area contributed by atoms with Crippen molar-refractivity contribution in [3.63, 3.8) is 0 Å². The first kappa shape index (κ1) is 32.3. The highest BCUT2D eigenvalue weighted by molar-refractivity contribution is 5.94. The van der Waals surface area contributed by atoms with E-state index < -0.39 is 60.2 Å². The Morgan fingerprint density at radius 2 is 1.37 bits per heavy atom. The minimum Gasteiger partial charge on any atom is -0.508 e. The van der Waals surface area contributed by atoms with Crippen LogP contribution in [-0.4, -0.2) is 75.7 Å². The first-order chi connectivity index (χ1) is 17.8. The smallest absolute Gasteiger partial charge is 0.326 e. The zero-order chi connectivity index (χ0) is 28.8. The van der Waals surface area contributed by atoms with E-state index in [1.807, 2.05) is 0 Å². The summed E-state index contributed by atoms with van der Waals surface area (Å²) in [7, 11) is 0. The Balaban J connectivity index is 3.17. The van der Waals surface area contributed by atoms with Crippen LogP contribution in [0.15, 0.2) is 24.3 Å². The molecular weight excluding hydrogens is 498 g/mol. The molecule has 38 heavy (non-hydrogen) atoms. The standard InChI is InChI=1S/C25H39N5O8/c1-14(2)21(27)24(36)28-17(10-11-20(32)33)22(34)30-19(13-15-6-8-16(31)9-7-15)23(35)29-18(25(37)38)5-3-4-12-26/h6-9,14,17-19,21,31H,3-5,10-13,26-27H2,1-2H3,(H,28,36)(H,29,35)(H,30,34)(H,32,33)(H,37,38). The first-order valence-electron chi connectivity index (χ1n) is 12.4. The van der Waals surface area contributed by atoms with Crippen molar-refractivity contribution >= 4 is 29.7 Å². The van der Waals surface area contributed by atoms with Crippen molar-refractivity contribution < 1.29 is 39.3 Å². The van der Waals surface area contributed by atoms with Crippen LogP contribution in [0.25, 0.3) is 0 Å². The monoisotopic (exact) mass is 537 g/mol. The zero-order valence-corrected chi connectivity index (χ0v) is 21.7. The molecule has 3 amide bonds. The topological polar surface area (TPSA) is 234 Å². The van der Waals surface area contributed by atoms with Gasteiger partial charge < -0.3 is 42.7 Å². The summed E-state index contributed by atoms with van der Waals surface area (Å²) in [6.07, 6.45) is 0.383. The van der Waals surface area contributed by atoms with Gasteiger partial charge in [-0.25, -0.2) is 4.79 Å². The lowest BCUT2D eigenvalue weighted by molar-refractivity contribution is -0.142. The largest absolute Gasteiger partial charge is 0.508 e. The number of hydrogen-bond donors (Lipinski definition) is 8. The van der Waals surface area contributed by atoms with Gasteiger partial charge in [0.25, 0.3) is 0 Å². The van der Waals surface area contributed by atoms with Crippen molar-refractivity contribution in [3.8, 4) is 5.75 Å². The third-order valence-electron chi connectivity index (χ3n) is 5.87. The lowest BCUT2D eigenvalue weighted by atomic mass is 10.0. The fraction of sp³-hybridized carbons (Fsp3) is 0.560. The minimum atomic E-state index is -1.31. The summed E-state index contributed by atoms with van der Waals surface area (Å²) in [6, 6.07) is 1.09. The summed E-state index contributed by atoms with van der Waals surface area (Å²) in [5, 5.41) is 35.6. The van der Waals surface area contributed by atoms with Crippen LogP contribution in [0.5, 0.6) is 5.75 Å². The Hall–Kier alpha value is -3.71. The summed E-state index contributed by atoms with van der Waals surface area (Å²) in [4.78, 5) is 61.6.